The van der Waals surface area contributed by atoms with Gasteiger partial charge in [-0.25, -0.2) is 0 Å². The maximum atomic E-state index is 10.4. The Hall–Kier alpha value is -3.09. The van der Waals surface area contributed by atoms with Crippen LogP contribution in [0.15, 0.2) is 126 Å². The Bertz CT molecular complexity index is 1420. The van der Waals surface area contributed by atoms with Gasteiger partial charge in [0.25, 0.3) is 0 Å². The molecule has 0 spiro atoms. The van der Waals surface area contributed by atoms with E-state index in [0.29, 0.717) is 19.0 Å². The topological polar surface area (TPSA) is 60.7 Å². The maximum absolute atomic E-state index is 10.4. The van der Waals surface area contributed by atoms with Gasteiger partial charge in [0.05, 0.1) is 19.3 Å². The van der Waals surface area contributed by atoms with Gasteiger partial charge in [0, 0.05) is 16.2 Å². The molecule has 7 heteroatoms. The smallest absolute Gasteiger partial charge is 0.227 e. The average Bonchev–Trinajstić information content (AvgIpc) is 3.04. The summed E-state index contributed by atoms with van der Waals surface area (Å²) in [5, 5.41) is 10.4. The lowest BCUT2D eigenvalue weighted by Gasteiger charge is -2.50. The number of hydrogen-bond acceptors (Lipinski definition) is 7. The lowest BCUT2D eigenvalue weighted by molar-refractivity contribution is -0.253. The molecule has 6 rings (SSSR count). The molecule has 2 fully saturated rings. The molecule has 0 saturated carbocycles. The van der Waals surface area contributed by atoms with Crippen molar-refractivity contribution in [1.82, 2.24) is 0 Å². The quantitative estimate of drug-likeness (QED) is 0.207. The van der Waals surface area contributed by atoms with Crippen LogP contribution < -0.4 is 0 Å². The van der Waals surface area contributed by atoms with Crippen molar-refractivity contribution in [2.24, 2.45) is 0 Å². The van der Waals surface area contributed by atoms with E-state index in [1.165, 1.54) is 11.8 Å². The van der Waals surface area contributed by atoms with Crippen molar-refractivity contribution >= 4 is 23.5 Å². The van der Waals surface area contributed by atoms with E-state index >= 15 is 0 Å². The molecule has 1 unspecified atom stereocenters. The minimum Gasteiger partial charge on any atom is -0.368 e. The second kappa shape index (κ2) is 13.3. The summed E-state index contributed by atoms with van der Waals surface area (Å²) in [7, 11) is 0. The summed E-state index contributed by atoms with van der Waals surface area (Å²) in [6.07, 6.45) is -1.71. The van der Waals surface area contributed by atoms with Crippen molar-refractivity contribution in [3.05, 3.63) is 138 Å². The van der Waals surface area contributed by atoms with Gasteiger partial charge in [-0.3, -0.25) is 0 Å². The normalized spacial score (nSPS) is 27.4. The summed E-state index contributed by atoms with van der Waals surface area (Å²) in [4.78, 5) is -0.0742. The monoisotopic (exact) mass is 581 g/mol. The molecule has 208 valence electrons. The molecule has 4 aromatic rings. The van der Waals surface area contributed by atoms with Crippen molar-refractivity contribution in [1.29, 1.82) is 5.26 Å². The Labute approximate surface area is 249 Å². The average molecular weight is 582 g/mol. The number of fused-ring (bicyclic) bond motifs is 1. The van der Waals surface area contributed by atoms with Crippen molar-refractivity contribution in [2.75, 3.05) is 5.75 Å². The van der Waals surface area contributed by atoms with Crippen molar-refractivity contribution in [3.63, 3.8) is 0 Å². The van der Waals surface area contributed by atoms with E-state index in [1.54, 1.807) is 11.8 Å². The molecule has 0 N–H and O–H groups in total. The predicted molar refractivity (Wildman–Crippen MR) is 162 cm³/mol. The Kier molecular flexibility index (Phi) is 9.07. The molecule has 0 bridgehead atoms. The number of thioether (sulfide) groups is 2. The highest BCUT2D eigenvalue weighted by Gasteiger charge is 2.55. The van der Waals surface area contributed by atoms with E-state index in [-0.39, 0.29) is 11.5 Å². The van der Waals surface area contributed by atoms with Crippen LogP contribution in [-0.2, 0) is 37.1 Å². The van der Waals surface area contributed by atoms with E-state index in [0.717, 1.165) is 21.6 Å². The highest BCUT2D eigenvalue weighted by molar-refractivity contribution is 8.00. The molecule has 2 aliphatic rings. The molecule has 2 heterocycles. The SMILES string of the molecule is N#C[C@@]1(c2ccccc2)O[C@@H]2[C@@H](OCc3ccccc3)[C@@H](OCc3ccccc3)C(Sc3ccccc3)O[C@H]2CS1. The molecule has 0 aromatic heterocycles. The second-order valence-corrected chi connectivity index (χ2v) is 12.4. The van der Waals surface area contributed by atoms with Crippen molar-refractivity contribution < 1.29 is 18.9 Å². The number of nitrogens with zero attached hydrogens (tertiary/aromatic N) is 1. The van der Waals surface area contributed by atoms with Crippen LogP contribution in [0.2, 0.25) is 0 Å². The zero-order valence-corrected chi connectivity index (χ0v) is 24.1. The van der Waals surface area contributed by atoms with Crippen LogP contribution in [0, 0.1) is 11.3 Å². The fourth-order valence-corrected chi connectivity index (χ4v) is 7.50. The molecular formula is C34H31NO4S2. The van der Waals surface area contributed by atoms with Crippen LogP contribution in [0.3, 0.4) is 0 Å². The number of benzene rings is 4. The van der Waals surface area contributed by atoms with Gasteiger partial charge >= 0.3 is 0 Å². The lowest BCUT2D eigenvalue weighted by Crippen LogP contribution is -2.63. The Balaban J connectivity index is 1.34. The predicted octanol–water partition coefficient (Wildman–Crippen LogP) is 7.18. The minimum absolute atomic E-state index is 0.274. The Morgan fingerprint density at radius 2 is 1.29 bits per heavy atom. The van der Waals surface area contributed by atoms with E-state index in [9.17, 15) is 5.26 Å². The molecule has 2 aliphatic heterocycles. The first kappa shape index (κ1) is 28.0. The van der Waals surface area contributed by atoms with E-state index in [1.807, 2.05) is 97.1 Å². The van der Waals surface area contributed by atoms with Gasteiger partial charge < -0.3 is 18.9 Å². The van der Waals surface area contributed by atoms with Crippen LogP contribution in [0.5, 0.6) is 0 Å². The third-order valence-corrected chi connectivity index (χ3v) is 9.69. The summed E-state index contributed by atoms with van der Waals surface area (Å²) in [6.45, 7) is 0.796. The van der Waals surface area contributed by atoms with Gasteiger partial charge in [0.2, 0.25) is 4.93 Å². The van der Waals surface area contributed by atoms with Gasteiger partial charge in [-0.2, -0.15) is 5.26 Å². The molecular weight excluding hydrogens is 551 g/mol. The van der Waals surface area contributed by atoms with E-state index in [2.05, 4.69) is 30.3 Å². The molecule has 2 saturated heterocycles. The number of nitriles is 1. The fraction of sp³-hybridized carbons (Fsp3) is 0.265. The first-order valence-corrected chi connectivity index (χ1v) is 15.6. The lowest BCUT2D eigenvalue weighted by atomic mass is 9.98. The molecule has 4 aromatic carbocycles. The van der Waals surface area contributed by atoms with Crippen LogP contribution in [0.4, 0.5) is 0 Å². The fourth-order valence-electron chi connectivity index (χ4n) is 5.14. The summed E-state index contributed by atoms with van der Waals surface area (Å²) < 4.78 is 26.9. The summed E-state index contributed by atoms with van der Waals surface area (Å²) >= 11 is 3.11. The largest absolute Gasteiger partial charge is 0.368 e. The van der Waals surface area contributed by atoms with Crippen LogP contribution in [0.25, 0.3) is 0 Å². The van der Waals surface area contributed by atoms with Gasteiger partial charge in [-0.05, 0) is 23.3 Å². The highest BCUT2D eigenvalue weighted by Crippen LogP contribution is 2.48. The van der Waals surface area contributed by atoms with Crippen LogP contribution >= 0.6 is 23.5 Å². The van der Waals surface area contributed by atoms with Gasteiger partial charge in [-0.1, -0.05) is 121 Å². The van der Waals surface area contributed by atoms with Crippen LogP contribution in [0.1, 0.15) is 16.7 Å². The minimum atomic E-state index is -1.16. The second-order valence-electron chi connectivity index (χ2n) is 9.98. The third-order valence-electron chi connectivity index (χ3n) is 7.21. The zero-order chi connectivity index (χ0) is 27.9. The third kappa shape index (κ3) is 6.54. The van der Waals surface area contributed by atoms with E-state index < -0.39 is 23.2 Å². The summed E-state index contributed by atoms with van der Waals surface area (Å²) in [5.41, 5.74) is 2.61. The van der Waals surface area contributed by atoms with Gasteiger partial charge in [0.1, 0.15) is 29.8 Å². The molecule has 6 atom stereocenters. The van der Waals surface area contributed by atoms with E-state index in [4.69, 9.17) is 18.9 Å². The standard InChI is InChI=1S/C34H31NO4S2/c35-24-34(27-17-9-3-10-18-27)39-30-29(23-40-34)38-33(41-28-19-11-4-12-20-28)32(37-22-26-15-7-2-8-16-26)31(30)36-21-25-13-5-1-6-14-25/h1-20,29-33H,21-23H2/t29-,30-,31+,32+,33?,34+/m0/s1. The molecule has 5 nitrogen and oxygen atoms in total. The summed E-state index contributed by atoms with van der Waals surface area (Å²) in [5.74, 6) is 0.593. The number of hydrogen-bond donors (Lipinski definition) is 0. The molecule has 0 aliphatic carbocycles. The summed E-state index contributed by atoms with van der Waals surface area (Å²) in [6, 6.07) is 42.6. The number of ether oxygens (including phenoxy) is 4. The maximum Gasteiger partial charge on any atom is 0.227 e. The first-order valence-electron chi connectivity index (χ1n) is 13.7. The molecule has 41 heavy (non-hydrogen) atoms. The molecule has 0 radical (unpaired) electrons. The highest BCUT2D eigenvalue weighted by atomic mass is 32.2. The Morgan fingerprint density at radius 1 is 0.756 bits per heavy atom. The number of rotatable bonds is 9. The Morgan fingerprint density at radius 3 is 1.88 bits per heavy atom. The molecule has 0 amide bonds. The van der Waals surface area contributed by atoms with Crippen LogP contribution in [-0.4, -0.2) is 35.6 Å². The van der Waals surface area contributed by atoms with Crippen molar-refractivity contribution in [2.45, 2.75) is 52.9 Å². The van der Waals surface area contributed by atoms with Gasteiger partial charge in [-0.15, -0.1) is 11.8 Å². The first-order chi connectivity index (χ1) is 20.2. The zero-order valence-electron chi connectivity index (χ0n) is 22.5. The van der Waals surface area contributed by atoms with Gasteiger partial charge in [0.15, 0.2) is 0 Å². The van der Waals surface area contributed by atoms with Crippen molar-refractivity contribution in [3.8, 4) is 6.07 Å².